The number of H-pyrrole nitrogens is 1. The van der Waals surface area contributed by atoms with E-state index in [4.69, 9.17) is 9.47 Å². The van der Waals surface area contributed by atoms with Gasteiger partial charge in [0.15, 0.2) is 11.5 Å². The van der Waals surface area contributed by atoms with Crippen molar-refractivity contribution in [1.29, 1.82) is 5.26 Å². The highest BCUT2D eigenvalue weighted by Crippen LogP contribution is 2.38. The second-order valence-electron chi connectivity index (χ2n) is 7.40. The van der Waals surface area contributed by atoms with E-state index < -0.39 is 11.2 Å². The fourth-order valence-electron chi connectivity index (χ4n) is 3.59. The van der Waals surface area contributed by atoms with Gasteiger partial charge in [0.25, 0.3) is 5.56 Å². The summed E-state index contributed by atoms with van der Waals surface area (Å²) in [6.07, 6.45) is 1.43. The number of nitriles is 1. The molecule has 1 heterocycles. The number of aryl methyl sites for hydroxylation is 2. The molecule has 0 atom stereocenters. The van der Waals surface area contributed by atoms with Crippen LogP contribution in [0.1, 0.15) is 16.7 Å². The Bertz CT molecular complexity index is 1460. The van der Waals surface area contributed by atoms with Gasteiger partial charge in [-0.15, -0.1) is 0 Å². The monoisotopic (exact) mass is 427 g/mol. The summed E-state index contributed by atoms with van der Waals surface area (Å²) in [5, 5.41) is 11.2. The number of nitrogens with one attached hydrogen (secondary N) is 1. The molecular formula is C25H21N3O4. The van der Waals surface area contributed by atoms with Crippen molar-refractivity contribution in [1.82, 2.24) is 9.55 Å². The second kappa shape index (κ2) is 8.82. The van der Waals surface area contributed by atoms with Gasteiger partial charge in [0.2, 0.25) is 0 Å². The van der Waals surface area contributed by atoms with E-state index in [1.54, 1.807) is 12.1 Å². The van der Waals surface area contributed by atoms with Crippen LogP contribution in [0.4, 0.5) is 0 Å². The lowest BCUT2D eigenvalue weighted by Gasteiger charge is -2.17. The number of para-hydroxylation sites is 2. The van der Waals surface area contributed by atoms with Crippen LogP contribution in [0.3, 0.4) is 0 Å². The zero-order chi connectivity index (χ0) is 22.7. The molecule has 0 fully saturated rings. The highest BCUT2D eigenvalue weighted by atomic mass is 16.5. The van der Waals surface area contributed by atoms with Gasteiger partial charge < -0.3 is 9.47 Å². The molecule has 3 aromatic carbocycles. The zero-order valence-electron chi connectivity index (χ0n) is 17.7. The number of fused-ring (bicyclic) bond motifs is 1. The normalized spacial score (nSPS) is 10.7. The molecule has 7 heteroatoms. The molecule has 160 valence electrons. The molecule has 32 heavy (non-hydrogen) atoms. The molecule has 0 aliphatic heterocycles. The Kier molecular flexibility index (Phi) is 5.77. The lowest BCUT2D eigenvalue weighted by Crippen LogP contribution is -2.30. The predicted molar refractivity (Wildman–Crippen MR) is 121 cm³/mol. The predicted octanol–water partition coefficient (Wildman–Crippen LogP) is 4.05. The van der Waals surface area contributed by atoms with Crippen LogP contribution in [-0.4, -0.2) is 16.2 Å². The van der Waals surface area contributed by atoms with Crippen molar-refractivity contribution in [3.8, 4) is 23.3 Å². The van der Waals surface area contributed by atoms with Gasteiger partial charge in [-0.05, 0) is 66.1 Å². The molecule has 0 radical (unpaired) electrons. The standard InChI is InChI=1S/C25H21N3O4/c1-16-13-19-8-7-18(15-26)14-20(19)17(2)24(16)32-22-6-4-3-5-21(22)31-12-11-28-10-9-23(29)27-25(28)30/h3-10,13-14H,11-12H2,1-2H3,(H,27,29,30). The van der Waals surface area contributed by atoms with E-state index in [1.165, 1.54) is 16.8 Å². The molecule has 0 aliphatic carbocycles. The average Bonchev–Trinajstić information content (AvgIpc) is 2.79. The van der Waals surface area contributed by atoms with Gasteiger partial charge in [0.05, 0.1) is 18.2 Å². The van der Waals surface area contributed by atoms with Gasteiger partial charge >= 0.3 is 5.69 Å². The summed E-state index contributed by atoms with van der Waals surface area (Å²) in [7, 11) is 0. The number of nitrogens with zero attached hydrogens (tertiary/aromatic N) is 2. The van der Waals surface area contributed by atoms with E-state index in [2.05, 4.69) is 11.1 Å². The lowest BCUT2D eigenvalue weighted by atomic mass is 9.99. The maximum absolute atomic E-state index is 11.8. The smallest absolute Gasteiger partial charge is 0.328 e. The third-order valence-corrected chi connectivity index (χ3v) is 5.20. The summed E-state index contributed by atoms with van der Waals surface area (Å²) in [4.78, 5) is 25.2. The first kappa shape index (κ1) is 20.9. The highest BCUT2D eigenvalue weighted by Gasteiger charge is 2.13. The summed E-state index contributed by atoms with van der Waals surface area (Å²) in [6.45, 7) is 4.44. The topological polar surface area (TPSA) is 97.1 Å². The van der Waals surface area contributed by atoms with E-state index in [-0.39, 0.29) is 13.2 Å². The minimum atomic E-state index is -0.482. The van der Waals surface area contributed by atoms with E-state index in [9.17, 15) is 14.9 Å². The van der Waals surface area contributed by atoms with Gasteiger partial charge in [0, 0.05) is 12.3 Å². The quantitative estimate of drug-likeness (QED) is 0.501. The van der Waals surface area contributed by atoms with E-state index >= 15 is 0 Å². The largest absolute Gasteiger partial charge is 0.488 e. The Balaban J connectivity index is 1.59. The maximum Gasteiger partial charge on any atom is 0.328 e. The zero-order valence-corrected chi connectivity index (χ0v) is 17.7. The number of aromatic amines is 1. The van der Waals surface area contributed by atoms with Crippen molar-refractivity contribution >= 4 is 10.8 Å². The highest BCUT2D eigenvalue weighted by molar-refractivity contribution is 5.90. The first-order valence-electron chi connectivity index (χ1n) is 10.1. The minimum Gasteiger partial charge on any atom is -0.488 e. The Labute approximate surface area is 184 Å². The number of ether oxygens (including phenoxy) is 2. The molecule has 1 N–H and O–H groups in total. The Morgan fingerprint density at radius 2 is 1.81 bits per heavy atom. The first-order chi connectivity index (χ1) is 15.5. The van der Waals surface area contributed by atoms with Crippen LogP contribution in [0.5, 0.6) is 17.2 Å². The second-order valence-corrected chi connectivity index (χ2v) is 7.40. The molecule has 1 aromatic heterocycles. The van der Waals surface area contributed by atoms with Crippen LogP contribution in [0.15, 0.2) is 70.4 Å². The van der Waals surface area contributed by atoms with Crippen LogP contribution in [-0.2, 0) is 6.54 Å². The average molecular weight is 427 g/mol. The van der Waals surface area contributed by atoms with Gasteiger partial charge in [-0.1, -0.05) is 18.2 Å². The van der Waals surface area contributed by atoms with E-state index in [0.29, 0.717) is 22.8 Å². The van der Waals surface area contributed by atoms with Crippen LogP contribution in [0, 0.1) is 25.2 Å². The van der Waals surface area contributed by atoms with Crippen LogP contribution < -0.4 is 20.7 Å². The van der Waals surface area contributed by atoms with Crippen molar-refractivity contribution in [3.63, 3.8) is 0 Å². The third kappa shape index (κ3) is 4.25. The molecule has 0 spiro atoms. The van der Waals surface area contributed by atoms with Crippen LogP contribution >= 0.6 is 0 Å². The van der Waals surface area contributed by atoms with Crippen LogP contribution in [0.25, 0.3) is 10.8 Å². The number of hydrogen-bond donors (Lipinski definition) is 1. The summed E-state index contributed by atoms with van der Waals surface area (Å²) in [6, 6.07) is 18.4. The fraction of sp³-hybridized carbons (Fsp3) is 0.160. The number of benzene rings is 3. The van der Waals surface area contributed by atoms with Gasteiger partial charge in [-0.2, -0.15) is 5.26 Å². The van der Waals surface area contributed by atoms with Gasteiger partial charge in [0.1, 0.15) is 12.4 Å². The van der Waals surface area contributed by atoms with Gasteiger partial charge in [-0.3, -0.25) is 14.3 Å². The van der Waals surface area contributed by atoms with E-state index in [1.807, 2.05) is 50.2 Å². The maximum atomic E-state index is 11.8. The molecule has 4 aromatic rings. The lowest BCUT2D eigenvalue weighted by molar-refractivity contribution is 0.283. The summed E-state index contributed by atoms with van der Waals surface area (Å²) >= 11 is 0. The Morgan fingerprint density at radius 1 is 1.03 bits per heavy atom. The summed E-state index contributed by atoms with van der Waals surface area (Å²) < 4.78 is 13.5. The molecule has 4 rings (SSSR count). The first-order valence-corrected chi connectivity index (χ1v) is 10.1. The summed E-state index contributed by atoms with van der Waals surface area (Å²) in [5.41, 5.74) is 1.58. The molecule has 0 unspecified atom stereocenters. The van der Waals surface area contributed by atoms with Crippen molar-refractivity contribution in [2.24, 2.45) is 0 Å². The third-order valence-electron chi connectivity index (χ3n) is 5.20. The molecular weight excluding hydrogens is 406 g/mol. The van der Waals surface area contributed by atoms with Crippen molar-refractivity contribution in [3.05, 3.63) is 98.3 Å². The van der Waals surface area contributed by atoms with Gasteiger partial charge in [-0.25, -0.2) is 4.79 Å². The molecule has 7 nitrogen and oxygen atoms in total. The van der Waals surface area contributed by atoms with Crippen LogP contribution in [0.2, 0.25) is 0 Å². The van der Waals surface area contributed by atoms with E-state index in [0.717, 1.165) is 21.9 Å². The number of rotatable bonds is 6. The Morgan fingerprint density at radius 3 is 2.56 bits per heavy atom. The number of hydrogen-bond acceptors (Lipinski definition) is 5. The SMILES string of the molecule is Cc1cc2ccc(C#N)cc2c(C)c1Oc1ccccc1OCCn1ccc(=O)[nH]c1=O. The molecule has 0 saturated heterocycles. The van der Waals surface area contributed by atoms with Crippen molar-refractivity contribution in [2.75, 3.05) is 6.61 Å². The fourth-order valence-corrected chi connectivity index (χ4v) is 3.59. The molecule has 0 bridgehead atoms. The minimum absolute atomic E-state index is 0.216. The molecule has 0 aliphatic rings. The number of aromatic nitrogens is 2. The van der Waals surface area contributed by atoms with Crippen molar-refractivity contribution in [2.45, 2.75) is 20.4 Å². The van der Waals surface area contributed by atoms with Crippen molar-refractivity contribution < 1.29 is 9.47 Å². The summed E-state index contributed by atoms with van der Waals surface area (Å²) in [5.74, 6) is 1.79. The Hall–Kier alpha value is -4.31. The molecule has 0 saturated carbocycles. The molecule has 0 amide bonds.